The molecule has 0 N–H and O–H groups in total. The van der Waals surface area contributed by atoms with Crippen LogP contribution in [0.4, 0.5) is 0 Å². The fourth-order valence-electron chi connectivity index (χ4n) is 3.80. The third kappa shape index (κ3) is 3.57. The molecule has 2 aliphatic heterocycles. The summed E-state index contributed by atoms with van der Waals surface area (Å²) in [6.07, 6.45) is -0.166. The summed E-state index contributed by atoms with van der Waals surface area (Å²) in [6.45, 7) is 0. The lowest BCUT2D eigenvalue weighted by Gasteiger charge is -2.37. The quantitative estimate of drug-likeness (QED) is 0.347. The molecule has 2 atom stereocenters. The van der Waals surface area contributed by atoms with E-state index in [0.29, 0.717) is 22.8 Å². The summed E-state index contributed by atoms with van der Waals surface area (Å²) >= 11 is 13.1. The Morgan fingerprint density at radius 2 is 1.67 bits per heavy atom. The molecule has 150 valence electrons. The second-order valence-electron chi connectivity index (χ2n) is 7.18. The van der Waals surface area contributed by atoms with E-state index in [-0.39, 0.29) is 11.8 Å². The molecule has 0 fully saturated rings. The second-order valence-corrected chi connectivity index (χ2v) is 9.44. The summed E-state index contributed by atoms with van der Waals surface area (Å²) in [5.41, 5.74) is 3.45. The third-order valence-corrected chi connectivity index (χ3v) is 6.57. The monoisotopic (exact) mass is 544 g/mol. The Labute approximate surface area is 195 Å². The van der Waals surface area contributed by atoms with Crippen LogP contribution in [0.2, 0.25) is 5.02 Å². The normalized spacial score (nSPS) is 19.6. The number of fused-ring (bicyclic) bond motifs is 3. The number of rotatable bonds is 3. The Kier molecular flexibility index (Phi) is 5.17. The van der Waals surface area contributed by atoms with Gasteiger partial charge in [-0.15, -0.1) is 0 Å². The largest absolute Gasteiger partial charge is 0.461 e. The van der Waals surface area contributed by atoms with E-state index in [4.69, 9.17) is 21.4 Å². The Hall–Kier alpha value is -2.15. The predicted octanol–water partition coefficient (Wildman–Crippen LogP) is 6.62. The highest BCUT2D eigenvalue weighted by Gasteiger charge is 2.43. The molecule has 0 aromatic heterocycles. The number of halogens is 3. The molecular weight excluding hydrogens is 532 g/mol. The van der Waals surface area contributed by atoms with Gasteiger partial charge in [0.15, 0.2) is 0 Å². The lowest BCUT2D eigenvalue weighted by molar-refractivity contribution is -0.00455. The number of Topliss-reactive ketones (excluding diaryl/α,β-unsaturated/α-hetero) is 1. The third-order valence-electron chi connectivity index (χ3n) is 5.28. The maximum atomic E-state index is 13.3. The topological polar surface area (TPSA) is 41.9 Å². The van der Waals surface area contributed by atoms with Crippen LogP contribution >= 0.6 is 43.5 Å². The maximum absolute atomic E-state index is 13.3. The molecule has 0 bridgehead atoms. The Morgan fingerprint density at radius 1 is 1.00 bits per heavy atom. The molecule has 5 rings (SSSR count). The van der Waals surface area contributed by atoms with Crippen LogP contribution in [0.3, 0.4) is 0 Å². The average Bonchev–Trinajstić information content (AvgIpc) is 3.19. The SMILES string of the molecule is O=C(c1ccc(Br)cc1)[C@@H]1Oc2ccc(Cl)cc2[C@@H]2CC(c3ccc(Br)cc3)=NN12. The number of carbonyl (C=O) groups excluding carboxylic acids is 1. The highest BCUT2D eigenvalue weighted by atomic mass is 79.9. The molecule has 3 aromatic rings. The van der Waals surface area contributed by atoms with Gasteiger partial charge < -0.3 is 4.74 Å². The molecule has 0 saturated heterocycles. The summed E-state index contributed by atoms with van der Waals surface area (Å²) in [5.74, 6) is 0.539. The van der Waals surface area contributed by atoms with Gasteiger partial charge in [-0.1, -0.05) is 67.7 Å². The minimum atomic E-state index is -0.835. The molecule has 3 aromatic carbocycles. The van der Waals surface area contributed by atoms with Gasteiger partial charge in [0.05, 0.1) is 11.8 Å². The smallest absolute Gasteiger partial charge is 0.251 e. The molecule has 0 unspecified atom stereocenters. The lowest BCUT2D eigenvalue weighted by Crippen LogP contribution is -2.45. The van der Waals surface area contributed by atoms with Crippen LogP contribution in [0.5, 0.6) is 5.75 Å². The fourth-order valence-corrected chi connectivity index (χ4v) is 4.51. The van der Waals surface area contributed by atoms with E-state index >= 15 is 0 Å². The van der Waals surface area contributed by atoms with E-state index in [9.17, 15) is 4.79 Å². The maximum Gasteiger partial charge on any atom is 0.251 e. The van der Waals surface area contributed by atoms with Crippen LogP contribution in [0, 0.1) is 0 Å². The van der Waals surface area contributed by atoms with Crippen molar-refractivity contribution in [3.8, 4) is 5.75 Å². The number of nitrogens with zero attached hydrogens (tertiary/aromatic N) is 2. The van der Waals surface area contributed by atoms with Gasteiger partial charge in [-0.25, -0.2) is 5.01 Å². The molecule has 0 aliphatic carbocycles. The van der Waals surface area contributed by atoms with Crippen molar-refractivity contribution in [3.05, 3.63) is 97.4 Å². The standard InChI is InChI=1S/C23H15Br2ClN2O2/c24-15-5-1-13(2-6-15)19-12-20-18-11-17(26)9-10-21(18)30-23(28(20)27-19)22(29)14-3-7-16(25)8-4-14/h1-11,20,23H,12H2/t20-,23-/m0/s1. The van der Waals surface area contributed by atoms with E-state index < -0.39 is 6.23 Å². The lowest BCUT2D eigenvalue weighted by atomic mass is 9.96. The van der Waals surface area contributed by atoms with Gasteiger partial charge in [-0.05, 0) is 48.0 Å². The Balaban J connectivity index is 1.57. The molecule has 0 radical (unpaired) electrons. The van der Waals surface area contributed by atoms with E-state index in [1.165, 1.54) is 0 Å². The first-order valence-electron chi connectivity index (χ1n) is 9.37. The zero-order valence-corrected chi connectivity index (χ0v) is 19.5. The highest BCUT2D eigenvalue weighted by Crippen LogP contribution is 2.44. The number of ether oxygens (including phenoxy) is 1. The van der Waals surface area contributed by atoms with Gasteiger partial charge in [-0.3, -0.25) is 4.79 Å². The van der Waals surface area contributed by atoms with Crippen LogP contribution in [-0.2, 0) is 0 Å². The molecule has 0 saturated carbocycles. The van der Waals surface area contributed by atoms with Crippen LogP contribution in [0.25, 0.3) is 0 Å². The van der Waals surface area contributed by atoms with Gasteiger partial charge in [-0.2, -0.15) is 5.10 Å². The van der Waals surface area contributed by atoms with E-state index in [0.717, 1.165) is 25.8 Å². The van der Waals surface area contributed by atoms with E-state index in [1.54, 1.807) is 23.2 Å². The first-order chi connectivity index (χ1) is 14.5. The molecule has 30 heavy (non-hydrogen) atoms. The zero-order valence-electron chi connectivity index (χ0n) is 15.6. The number of hydrogen-bond donors (Lipinski definition) is 0. The van der Waals surface area contributed by atoms with Crippen molar-refractivity contribution < 1.29 is 9.53 Å². The minimum absolute atomic E-state index is 0.115. The van der Waals surface area contributed by atoms with E-state index in [2.05, 4.69) is 31.9 Å². The summed E-state index contributed by atoms with van der Waals surface area (Å²) < 4.78 is 8.06. The molecule has 0 spiro atoms. The molecule has 2 heterocycles. The van der Waals surface area contributed by atoms with E-state index in [1.807, 2.05) is 48.5 Å². The van der Waals surface area contributed by atoms with Crippen LogP contribution in [0.1, 0.15) is 33.9 Å². The zero-order chi connectivity index (χ0) is 20.8. The number of carbonyl (C=O) groups is 1. The number of hydrazone groups is 1. The van der Waals surface area contributed by atoms with Crippen molar-refractivity contribution in [2.75, 3.05) is 0 Å². The van der Waals surface area contributed by atoms with Gasteiger partial charge in [0, 0.05) is 31.5 Å². The highest BCUT2D eigenvalue weighted by molar-refractivity contribution is 9.10. The van der Waals surface area contributed by atoms with Crippen molar-refractivity contribution in [2.45, 2.75) is 18.7 Å². The molecule has 4 nitrogen and oxygen atoms in total. The van der Waals surface area contributed by atoms with Gasteiger partial charge in [0.2, 0.25) is 5.78 Å². The molecular formula is C23H15Br2ClN2O2. The molecule has 2 aliphatic rings. The Bertz CT molecular complexity index is 1160. The van der Waals surface area contributed by atoms with Crippen molar-refractivity contribution in [3.63, 3.8) is 0 Å². The minimum Gasteiger partial charge on any atom is -0.461 e. The number of benzene rings is 3. The van der Waals surface area contributed by atoms with Gasteiger partial charge >= 0.3 is 0 Å². The fraction of sp³-hybridized carbons (Fsp3) is 0.130. The predicted molar refractivity (Wildman–Crippen MR) is 124 cm³/mol. The van der Waals surface area contributed by atoms with Crippen LogP contribution in [-0.4, -0.2) is 22.7 Å². The first-order valence-corrected chi connectivity index (χ1v) is 11.3. The first kappa shape index (κ1) is 19.8. The summed E-state index contributed by atoms with van der Waals surface area (Å²) in [5, 5.41) is 7.23. The average molecular weight is 547 g/mol. The number of ketones is 1. The second kappa shape index (κ2) is 7.84. The summed E-state index contributed by atoms with van der Waals surface area (Å²) in [4.78, 5) is 13.3. The van der Waals surface area contributed by atoms with Gasteiger partial charge in [0.1, 0.15) is 5.75 Å². The van der Waals surface area contributed by atoms with Crippen molar-refractivity contribution in [1.82, 2.24) is 5.01 Å². The van der Waals surface area contributed by atoms with Crippen molar-refractivity contribution in [2.24, 2.45) is 5.10 Å². The summed E-state index contributed by atoms with van der Waals surface area (Å²) in [7, 11) is 0. The Morgan fingerprint density at radius 3 is 2.37 bits per heavy atom. The van der Waals surface area contributed by atoms with Crippen LogP contribution in [0.15, 0.2) is 80.8 Å². The van der Waals surface area contributed by atoms with Gasteiger partial charge in [0.25, 0.3) is 6.23 Å². The van der Waals surface area contributed by atoms with Crippen molar-refractivity contribution >= 4 is 55.0 Å². The van der Waals surface area contributed by atoms with Crippen LogP contribution < -0.4 is 4.74 Å². The molecule has 0 amide bonds. The number of hydrogen-bond acceptors (Lipinski definition) is 4. The molecule has 7 heteroatoms. The summed E-state index contributed by atoms with van der Waals surface area (Å²) in [6, 6.07) is 20.7. The van der Waals surface area contributed by atoms with Crippen molar-refractivity contribution in [1.29, 1.82) is 0 Å².